The zero-order valence-electron chi connectivity index (χ0n) is 12.7. The van der Waals surface area contributed by atoms with E-state index >= 15 is 0 Å². The van der Waals surface area contributed by atoms with Gasteiger partial charge in [0.25, 0.3) is 0 Å². The van der Waals surface area contributed by atoms with Crippen molar-refractivity contribution in [3.8, 4) is 0 Å². The van der Waals surface area contributed by atoms with Crippen molar-refractivity contribution in [2.24, 2.45) is 35.4 Å². The predicted molar refractivity (Wildman–Crippen MR) is 77.9 cm³/mol. The molecule has 3 unspecified atom stereocenters. The Morgan fingerprint density at radius 3 is 2.60 bits per heavy atom. The van der Waals surface area contributed by atoms with Crippen molar-refractivity contribution in [3.63, 3.8) is 0 Å². The quantitative estimate of drug-likeness (QED) is 0.920. The maximum atomic E-state index is 6.70. The Hall–Kier alpha value is -0.900. The van der Waals surface area contributed by atoms with Crippen LogP contribution < -0.4 is 5.73 Å². The van der Waals surface area contributed by atoms with Crippen LogP contribution in [0.3, 0.4) is 0 Å². The summed E-state index contributed by atoms with van der Waals surface area (Å²) < 4.78 is 1.78. The van der Waals surface area contributed by atoms with E-state index in [9.17, 15) is 0 Å². The topological polar surface area (TPSA) is 56.7 Å². The summed E-state index contributed by atoms with van der Waals surface area (Å²) in [4.78, 5) is 0. The van der Waals surface area contributed by atoms with E-state index < -0.39 is 0 Å². The fourth-order valence-electron chi connectivity index (χ4n) is 6.16. The van der Waals surface area contributed by atoms with Crippen LogP contribution in [0.1, 0.15) is 51.1 Å². The van der Waals surface area contributed by atoms with Gasteiger partial charge >= 0.3 is 0 Å². The summed E-state index contributed by atoms with van der Waals surface area (Å²) in [6.45, 7) is 2.51. The zero-order chi connectivity index (χ0) is 14.0. The van der Waals surface area contributed by atoms with Crippen LogP contribution in [-0.2, 0) is 13.5 Å². The van der Waals surface area contributed by atoms with Crippen LogP contribution in [0.5, 0.6) is 0 Å². The number of nitrogens with zero attached hydrogens (tertiary/aromatic N) is 3. The molecule has 0 aromatic carbocycles. The molecule has 0 spiro atoms. The Kier molecular flexibility index (Phi) is 2.60. The molecule has 0 saturated heterocycles. The van der Waals surface area contributed by atoms with Crippen molar-refractivity contribution in [2.45, 2.75) is 57.9 Å². The molecule has 4 aliphatic carbocycles. The van der Waals surface area contributed by atoms with Gasteiger partial charge in [-0.25, -0.2) is 0 Å². The fourth-order valence-corrected chi connectivity index (χ4v) is 6.16. The minimum absolute atomic E-state index is 0.254. The highest BCUT2D eigenvalue weighted by Gasteiger charge is 2.57. The van der Waals surface area contributed by atoms with Crippen molar-refractivity contribution in [1.29, 1.82) is 0 Å². The van der Waals surface area contributed by atoms with Gasteiger partial charge in [-0.05, 0) is 61.2 Å². The molecule has 4 aliphatic rings. The van der Waals surface area contributed by atoms with Crippen molar-refractivity contribution in [2.75, 3.05) is 0 Å². The summed E-state index contributed by atoms with van der Waals surface area (Å²) in [6, 6.07) is 0.254. The van der Waals surface area contributed by atoms with E-state index in [1.54, 1.807) is 4.68 Å². The summed E-state index contributed by atoms with van der Waals surface area (Å²) in [7, 11) is 1.92. The van der Waals surface area contributed by atoms with Crippen LogP contribution in [0.25, 0.3) is 0 Å². The standard InChI is InChI=1S/C16H26N4/c1-15-5-11-3-12(6-15)8-16(7-11,10-15)14(17)4-13-9-20(2)19-18-13/h9,11-12,14H,3-8,10,17H2,1-2H3. The molecule has 1 aromatic rings. The lowest BCUT2D eigenvalue weighted by Crippen LogP contribution is -2.58. The summed E-state index contributed by atoms with van der Waals surface area (Å²) in [6.07, 6.45) is 11.3. The van der Waals surface area contributed by atoms with Crippen molar-refractivity contribution in [3.05, 3.63) is 11.9 Å². The van der Waals surface area contributed by atoms with E-state index in [1.807, 2.05) is 13.2 Å². The second-order valence-corrected chi connectivity index (χ2v) is 8.33. The number of aryl methyl sites for hydroxylation is 1. The Balaban J connectivity index is 1.57. The van der Waals surface area contributed by atoms with Crippen LogP contribution in [0.4, 0.5) is 0 Å². The SMILES string of the molecule is Cn1cc(CC(N)C23CC4CC(CC(C)(C4)C2)C3)nn1. The number of hydrogen-bond acceptors (Lipinski definition) is 3. The van der Waals surface area contributed by atoms with E-state index in [0.717, 1.165) is 24.0 Å². The van der Waals surface area contributed by atoms with Crippen molar-refractivity contribution >= 4 is 0 Å². The van der Waals surface area contributed by atoms with Crippen molar-refractivity contribution < 1.29 is 0 Å². The summed E-state index contributed by atoms with van der Waals surface area (Å²) in [5.41, 5.74) is 8.71. The molecule has 4 bridgehead atoms. The Bertz CT molecular complexity index is 506. The van der Waals surface area contributed by atoms with Crippen LogP contribution in [0.15, 0.2) is 6.20 Å². The molecule has 4 nitrogen and oxygen atoms in total. The normalized spacial score (nSPS) is 44.0. The Labute approximate surface area is 121 Å². The van der Waals surface area contributed by atoms with Gasteiger partial charge in [-0.15, -0.1) is 5.10 Å². The minimum Gasteiger partial charge on any atom is -0.327 e. The zero-order valence-corrected chi connectivity index (χ0v) is 12.7. The molecular formula is C16H26N4. The first-order valence-electron chi connectivity index (χ1n) is 8.07. The maximum Gasteiger partial charge on any atom is 0.0842 e. The fraction of sp³-hybridized carbons (Fsp3) is 0.875. The van der Waals surface area contributed by atoms with Crippen LogP contribution in [0, 0.1) is 22.7 Å². The summed E-state index contributed by atoms with van der Waals surface area (Å²) in [5.74, 6) is 1.88. The first-order valence-corrected chi connectivity index (χ1v) is 8.07. The minimum atomic E-state index is 0.254. The van der Waals surface area contributed by atoms with Gasteiger partial charge in [0, 0.05) is 25.7 Å². The van der Waals surface area contributed by atoms with E-state index in [2.05, 4.69) is 17.2 Å². The monoisotopic (exact) mass is 274 g/mol. The molecule has 4 fully saturated rings. The van der Waals surface area contributed by atoms with Crippen LogP contribution in [0.2, 0.25) is 0 Å². The molecule has 4 saturated carbocycles. The highest BCUT2D eigenvalue weighted by molar-refractivity contribution is 5.11. The second-order valence-electron chi connectivity index (χ2n) is 8.33. The molecule has 1 aromatic heterocycles. The van der Waals surface area contributed by atoms with Crippen LogP contribution >= 0.6 is 0 Å². The molecule has 2 N–H and O–H groups in total. The third-order valence-corrected chi connectivity index (χ3v) is 6.26. The van der Waals surface area contributed by atoms with Gasteiger partial charge in [-0.1, -0.05) is 12.1 Å². The molecule has 0 aliphatic heterocycles. The lowest BCUT2D eigenvalue weighted by Gasteiger charge is -2.63. The molecule has 0 amide bonds. The smallest absolute Gasteiger partial charge is 0.0842 e. The first kappa shape index (κ1) is 12.8. The lowest BCUT2D eigenvalue weighted by molar-refractivity contribution is -0.112. The highest BCUT2D eigenvalue weighted by atomic mass is 15.4. The van der Waals surface area contributed by atoms with E-state index in [0.29, 0.717) is 10.8 Å². The molecule has 3 atom stereocenters. The molecular weight excluding hydrogens is 248 g/mol. The van der Waals surface area contributed by atoms with Crippen molar-refractivity contribution in [1.82, 2.24) is 15.0 Å². The average molecular weight is 274 g/mol. The number of nitrogens with two attached hydrogens (primary N) is 1. The molecule has 4 heteroatoms. The molecule has 110 valence electrons. The van der Waals surface area contributed by atoms with Gasteiger partial charge in [-0.3, -0.25) is 4.68 Å². The number of rotatable bonds is 3. The van der Waals surface area contributed by atoms with Gasteiger partial charge in [0.05, 0.1) is 5.69 Å². The van der Waals surface area contributed by atoms with E-state index in [1.165, 1.54) is 38.5 Å². The van der Waals surface area contributed by atoms with Gasteiger partial charge in [0.2, 0.25) is 0 Å². The average Bonchev–Trinajstić information content (AvgIpc) is 2.71. The maximum absolute atomic E-state index is 6.70. The summed E-state index contributed by atoms with van der Waals surface area (Å²) >= 11 is 0. The van der Waals surface area contributed by atoms with Crippen LogP contribution in [-0.4, -0.2) is 21.0 Å². The Morgan fingerprint density at radius 1 is 1.35 bits per heavy atom. The van der Waals surface area contributed by atoms with Gasteiger partial charge in [0.1, 0.15) is 0 Å². The summed E-state index contributed by atoms with van der Waals surface area (Å²) in [5, 5.41) is 8.27. The largest absolute Gasteiger partial charge is 0.327 e. The molecule has 0 radical (unpaired) electrons. The highest BCUT2D eigenvalue weighted by Crippen LogP contribution is 2.66. The second kappa shape index (κ2) is 4.06. The molecule has 5 rings (SSSR count). The number of hydrogen-bond donors (Lipinski definition) is 1. The third kappa shape index (κ3) is 1.92. The predicted octanol–water partition coefficient (Wildman–Crippen LogP) is 2.29. The van der Waals surface area contributed by atoms with E-state index in [-0.39, 0.29) is 6.04 Å². The van der Waals surface area contributed by atoms with Gasteiger partial charge in [0.15, 0.2) is 0 Å². The molecule has 20 heavy (non-hydrogen) atoms. The molecule has 1 heterocycles. The van der Waals surface area contributed by atoms with Gasteiger partial charge in [-0.2, -0.15) is 0 Å². The van der Waals surface area contributed by atoms with E-state index in [4.69, 9.17) is 5.73 Å². The Morgan fingerprint density at radius 2 is 2.05 bits per heavy atom. The van der Waals surface area contributed by atoms with Gasteiger partial charge < -0.3 is 5.73 Å². The third-order valence-electron chi connectivity index (χ3n) is 6.26. The number of aromatic nitrogens is 3. The first-order chi connectivity index (χ1) is 9.46. The lowest BCUT2D eigenvalue weighted by atomic mass is 9.43.